The average Bonchev–Trinajstić information content (AvgIpc) is 2.41. The number of ether oxygens (including phenoxy) is 1. The van der Waals surface area contributed by atoms with Gasteiger partial charge in [-0.1, -0.05) is 12.6 Å². The van der Waals surface area contributed by atoms with Crippen LogP contribution < -0.4 is 15.3 Å². The lowest BCUT2D eigenvalue weighted by Crippen LogP contribution is -2.24. The molecule has 0 bridgehead atoms. The summed E-state index contributed by atoms with van der Waals surface area (Å²) in [5, 5.41) is 2.00. The van der Waals surface area contributed by atoms with Gasteiger partial charge in [-0.25, -0.2) is 4.99 Å². The highest BCUT2D eigenvalue weighted by Gasteiger charge is 2.19. The first-order chi connectivity index (χ1) is 9.40. The van der Waals surface area contributed by atoms with Crippen molar-refractivity contribution in [3.63, 3.8) is 0 Å². The largest absolute Gasteiger partial charge is 0.452 e. The second kappa shape index (κ2) is 4.20. The van der Waals surface area contributed by atoms with Crippen LogP contribution in [0.15, 0.2) is 17.1 Å². The molecule has 1 aliphatic rings. The minimum atomic E-state index is 0.848. The Morgan fingerprint density at radius 2 is 1.65 bits per heavy atom. The van der Waals surface area contributed by atoms with Crippen LogP contribution >= 0.6 is 0 Å². The molecule has 102 valence electrons. The van der Waals surface area contributed by atoms with E-state index in [1.807, 2.05) is 6.07 Å². The highest BCUT2D eigenvalue weighted by atomic mass is 16.5. The Kier molecular flexibility index (Phi) is 2.72. The fourth-order valence-corrected chi connectivity index (χ4v) is 2.79. The molecule has 0 unspecified atom stereocenters. The fraction of sp³-hybridized carbons (Fsp3) is 0.278. The van der Waals surface area contributed by atoms with Crippen LogP contribution in [0.3, 0.4) is 0 Å². The molecule has 2 heteroatoms. The van der Waals surface area contributed by atoms with E-state index in [2.05, 4.69) is 47.3 Å². The summed E-state index contributed by atoms with van der Waals surface area (Å²) in [6.07, 6.45) is 0. The molecule has 0 radical (unpaired) electrons. The van der Waals surface area contributed by atoms with E-state index in [1.54, 1.807) is 0 Å². The number of aryl methyl sites for hydroxylation is 2. The highest BCUT2D eigenvalue weighted by Crippen LogP contribution is 2.38. The van der Waals surface area contributed by atoms with Crippen molar-refractivity contribution in [2.45, 2.75) is 34.6 Å². The lowest BCUT2D eigenvalue weighted by Gasteiger charge is -2.20. The normalized spacial score (nSPS) is 12.2. The van der Waals surface area contributed by atoms with Crippen LogP contribution in [0.5, 0.6) is 11.5 Å². The first-order valence-electron chi connectivity index (χ1n) is 6.86. The van der Waals surface area contributed by atoms with E-state index in [9.17, 15) is 0 Å². The molecule has 0 aliphatic carbocycles. The van der Waals surface area contributed by atoms with Crippen LogP contribution in [0.1, 0.15) is 27.8 Å². The fourth-order valence-electron chi connectivity index (χ4n) is 2.79. The Balaban J connectivity index is 2.45. The number of hydrogen-bond donors (Lipinski definition) is 0. The molecule has 0 N–H and O–H groups in total. The predicted octanol–water partition coefficient (Wildman–Crippen LogP) is 3.70. The Morgan fingerprint density at radius 3 is 2.35 bits per heavy atom. The smallest absolute Gasteiger partial charge is 0.156 e. The molecule has 1 heterocycles. The van der Waals surface area contributed by atoms with E-state index in [0.717, 1.165) is 44.5 Å². The van der Waals surface area contributed by atoms with Gasteiger partial charge in [-0.15, -0.1) is 0 Å². The lowest BCUT2D eigenvalue weighted by atomic mass is 10.0. The van der Waals surface area contributed by atoms with Crippen molar-refractivity contribution in [1.82, 2.24) is 0 Å². The quantitative estimate of drug-likeness (QED) is 0.607. The van der Waals surface area contributed by atoms with Gasteiger partial charge in [0, 0.05) is 5.56 Å². The van der Waals surface area contributed by atoms with Crippen molar-refractivity contribution in [2.24, 2.45) is 4.99 Å². The first-order valence-corrected chi connectivity index (χ1v) is 6.86. The maximum Gasteiger partial charge on any atom is 0.156 e. The molecule has 0 atom stereocenters. The van der Waals surface area contributed by atoms with Crippen molar-refractivity contribution in [1.29, 1.82) is 0 Å². The van der Waals surface area contributed by atoms with E-state index in [4.69, 9.17) is 9.73 Å². The molecular formula is C18H19NO. The minimum absolute atomic E-state index is 0.848. The van der Waals surface area contributed by atoms with E-state index >= 15 is 0 Å². The Labute approximate surface area is 119 Å². The molecular weight excluding hydrogens is 246 g/mol. The van der Waals surface area contributed by atoms with Crippen molar-refractivity contribution < 1.29 is 4.74 Å². The number of hydrogen-bond acceptors (Lipinski definition) is 2. The van der Waals surface area contributed by atoms with Gasteiger partial charge in [0.15, 0.2) is 11.5 Å². The molecule has 0 fully saturated rings. The third-order valence-electron chi connectivity index (χ3n) is 4.22. The van der Waals surface area contributed by atoms with Gasteiger partial charge in [-0.2, -0.15) is 0 Å². The van der Waals surface area contributed by atoms with E-state index in [1.165, 1.54) is 11.1 Å². The van der Waals surface area contributed by atoms with Gasteiger partial charge < -0.3 is 4.74 Å². The Hall–Kier alpha value is -2.09. The predicted molar refractivity (Wildman–Crippen MR) is 82.6 cm³/mol. The van der Waals surface area contributed by atoms with E-state index in [-0.39, 0.29) is 0 Å². The molecule has 0 amide bonds. The molecule has 1 aliphatic heterocycles. The zero-order valence-electron chi connectivity index (χ0n) is 12.7. The maximum atomic E-state index is 6.15. The summed E-state index contributed by atoms with van der Waals surface area (Å²) >= 11 is 0. The molecule has 3 rings (SSSR count). The monoisotopic (exact) mass is 265 g/mol. The summed E-state index contributed by atoms with van der Waals surface area (Å²) in [4.78, 5) is 4.86. The second-order valence-corrected chi connectivity index (χ2v) is 5.67. The van der Waals surface area contributed by atoms with Crippen molar-refractivity contribution >= 4 is 12.3 Å². The van der Waals surface area contributed by atoms with Crippen molar-refractivity contribution in [3.05, 3.63) is 50.5 Å². The van der Waals surface area contributed by atoms with Gasteiger partial charge in [0.05, 0.1) is 0 Å². The third kappa shape index (κ3) is 1.68. The summed E-state index contributed by atoms with van der Waals surface area (Å²) < 4.78 is 6.15. The molecule has 2 nitrogen and oxygen atoms in total. The zero-order chi connectivity index (χ0) is 14.6. The standard InChI is InChI=1S/C18H19NO/c1-9-7-10(2)16-15(8-9)20-18-14(6)12(4)11(3)13(5)17(18)19-16/h7-8H,4H2,1-3,5-6H3. The van der Waals surface area contributed by atoms with Crippen LogP contribution in [-0.2, 0) is 0 Å². The molecule has 0 aromatic heterocycles. The maximum absolute atomic E-state index is 6.15. The molecule has 2 aromatic carbocycles. The summed E-state index contributed by atoms with van der Waals surface area (Å²) in [7, 11) is 0. The zero-order valence-corrected chi connectivity index (χ0v) is 12.7. The summed E-state index contributed by atoms with van der Waals surface area (Å²) in [6.45, 7) is 14.5. The minimum Gasteiger partial charge on any atom is -0.452 e. The topological polar surface area (TPSA) is 21.6 Å². The van der Waals surface area contributed by atoms with E-state index in [0.29, 0.717) is 0 Å². The van der Waals surface area contributed by atoms with Gasteiger partial charge in [0.1, 0.15) is 11.0 Å². The Morgan fingerprint density at radius 1 is 0.950 bits per heavy atom. The van der Waals surface area contributed by atoms with Gasteiger partial charge in [0.2, 0.25) is 0 Å². The summed E-state index contributed by atoms with van der Waals surface area (Å²) in [6, 6.07) is 4.19. The van der Waals surface area contributed by atoms with Crippen molar-refractivity contribution in [2.75, 3.05) is 0 Å². The van der Waals surface area contributed by atoms with Crippen LogP contribution in [0.25, 0.3) is 6.58 Å². The number of nitrogens with zero attached hydrogens (tertiary/aromatic N) is 1. The van der Waals surface area contributed by atoms with Crippen LogP contribution in [-0.4, -0.2) is 0 Å². The van der Waals surface area contributed by atoms with Crippen molar-refractivity contribution in [3.8, 4) is 11.5 Å². The summed E-state index contributed by atoms with van der Waals surface area (Å²) in [5.74, 6) is 1.70. The number of fused-ring (bicyclic) bond motifs is 2. The van der Waals surface area contributed by atoms with Gasteiger partial charge in [-0.05, 0) is 68.2 Å². The molecule has 0 saturated heterocycles. The van der Waals surface area contributed by atoms with Crippen LogP contribution in [0, 0.1) is 34.6 Å². The Bertz CT molecular complexity index is 847. The van der Waals surface area contributed by atoms with Gasteiger partial charge >= 0.3 is 0 Å². The SMILES string of the molecule is C=c1c(C)c(C)c2c(c1C)Oc1cc(C)cc(C)c1N=2. The van der Waals surface area contributed by atoms with Gasteiger partial charge in [-0.3, -0.25) is 0 Å². The van der Waals surface area contributed by atoms with Gasteiger partial charge in [0.25, 0.3) is 0 Å². The average molecular weight is 265 g/mol. The second-order valence-electron chi connectivity index (χ2n) is 5.67. The first kappa shape index (κ1) is 12.9. The molecule has 0 spiro atoms. The number of benzene rings is 2. The third-order valence-corrected chi connectivity index (χ3v) is 4.22. The highest BCUT2D eigenvalue weighted by molar-refractivity contribution is 5.63. The van der Waals surface area contributed by atoms with Crippen LogP contribution in [0.4, 0.5) is 5.69 Å². The summed E-state index contributed by atoms with van der Waals surface area (Å²) in [5.41, 5.74) is 6.72. The van der Waals surface area contributed by atoms with Crippen LogP contribution in [0.2, 0.25) is 0 Å². The lowest BCUT2D eigenvalue weighted by molar-refractivity contribution is 0.463. The molecule has 2 aromatic rings. The number of rotatable bonds is 0. The van der Waals surface area contributed by atoms with E-state index < -0.39 is 0 Å². The molecule has 20 heavy (non-hydrogen) atoms. The molecule has 0 saturated carbocycles.